The van der Waals surface area contributed by atoms with Crippen LogP contribution in [0, 0.1) is 0 Å². The Hall–Kier alpha value is -0.610. The summed E-state index contributed by atoms with van der Waals surface area (Å²) < 4.78 is 0. The summed E-state index contributed by atoms with van der Waals surface area (Å²) in [6.45, 7) is 6.41. The molecular formula is C11H20N2O2. The number of carboxylic acids is 1. The van der Waals surface area contributed by atoms with Crippen molar-refractivity contribution in [1.82, 2.24) is 9.80 Å². The number of carbonyl (C=O) groups is 1. The zero-order chi connectivity index (χ0) is 10.8. The molecule has 4 nitrogen and oxygen atoms in total. The van der Waals surface area contributed by atoms with Crippen molar-refractivity contribution in [2.24, 2.45) is 0 Å². The number of likely N-dealkylation sites (N-methyl/N-ethyl adjacent to an activating group) is 1. The zero-order valence-corrected chi connectivity index (χ0v) is 9.35. The van der Waals surface area contributed by atoms with E-state index in [2.05, 4.69) is 16.7 Å². The Kier molecular flexibility index (Phi) is 3.26. The van der Waals surface area contributed by atoms with Crippen molar-refractivity contribution in [3.05, 3.63) is 0 Å². The summed E-state index contributed by atoms with van der Waals surface area (Å²) in [4.78, 5) is 15.7. The highest BCUT2D eigenvalue weighted by molar-refractivity contribution is 5.73. The molecule has 0 amide bonds. The van der Waals surface area contributed by atoms with Gasteiger partial charge in [0.25, 0.3) is 0 Å². The molecule has 0 radical (unpaired) electrons. The van der Waals surface area contributed by atoms with E-state index in [0.717, 1.165) is 45.4 Å². The number of carboxylic acid groups (broad SMARTS) is 1. The molecule has 0 aromatic rings. The van der Waals surface area contributed by atoms with E-state index in [4.69, 9.17) is 5.11 Å². The topological polar surface area (TPSA) is 43.8 Å². The van der Waals surface area contributed by atoms with Crippen LogP contribution in [0.1, 0.15) is 26.2 Å². The van der Waals surface area contributed by atoms with Crippen molar-refractivity contribution < 1.29 is 9.90 Å². The highest BCUT2D eigenvalue weighted by atomic mass is 16.4. The third-order valence-electron chi connectivity index (χ3n) is 3.74. The Labute approximate surface area is 90.9 Å². The second kappa shape index (κ2) is 4.49. The van der Waals surface area contributed by atoms with Gasteiger partial charge >= 0.3 is 5.97 Å². The predicted molar refractivity (Wildman–Crippen MR) is 57.9 cm³/mol. The normalized spacial score (nSPS) is 33.7. The number of hydrogen-bond donors (Lipinski definition) is 1. The molecule has 0 aromatic carbocycles. The van der Waals surface area contributed by atoms with Crippen molar-refractivity contribution in [1.29, 1.82) is 0 Å². The summed E-state index contributed by atoms with van der Waals surface area (Å²) in [6, 6.07) is 0.264. The first-order valence-corrected chi connectivity index (χ1v) is 5.93. The summed E-state index contributed by atoms with van der Waals surface area (Å²) >= 11 is 0. The smallest absolute Gasteiger partial charge is 0.320 e. The van der Waals surface area contributed by atoms with E-state index in [9.17, 15) is 4.79 Å². The van der Waals surface area contributed by atoms with E-state index < -0.39 is 5.97 Å². The van der Waals surface area contributed by atoms with Gasteiger partial charge in [0.1, 0.15) is 6.04 Å². The van der Waals surface area contributed by atoms with Crippen LogP contribution in [0.2, 0.25) is 0 Å². The van der Waals surface area contributed by atoms with Gasteiger partial charge in [-0.3, -0.25) is 9.69 Å². The highest BCUT2D eigenvalue weighted by Crippen LogP contribution is 2.25. The zero-order valence-electron chi connectivity index (χ0n) is 9.35. The van der Waals surface area contributed by atoms with Crippen LogP contribution in [-0.4, -0.2) is 59.1 Å². The molecule has 2 aliphatic rings. The molecule has 2 rings (SSSR count). The lowest BCUT2D eigenvalue weighted by atomic mass is 10.1. The Balaban J connectivity index is 1.95. The van der Waals surface area contributed by atoms with Gasteiger partial charge < -0.3 is 10.0 Å². The Morgan fingerprint density at radius 1 is 1.40 bits per heavy atom. The fourth-order valence-electron chi connectivity index (χ4n) is 2.86. The van der Waals surface area contributed by atoms with Gasteiger partial charge in [0.15, 0.2) is 0 Å². The number of aliphatic carboxylic acids is 1. The number of hydrogen-bond acceptors (Lipinski definition) is 3. The van der Waals surface area contributed by atoms with Gasteiger partial charge in [0.2, 0.25) is 0 Å². The largest absolute Gasteiger partial charge is 0.480 e. The third-order valence-corrected chi connectivity index (χ3v) is 3.74. The summed E-state index contributed by atoms with van der Waals surface area (Å²) in [5, 5.41) is 9.11. The highest BCUT2D eigenvalue weighted by Gasteiger charge is 2.37. The van der Waals surface area contributed by atoms with Crippen LogP contribution in [0.15, 0.2) is 0 Å². The number of rotatable bonds is 3. The molecule has 86 valence electrons. The fourth-order valence-corrected chi connectivity index (χ4v) is 2.86. The molecule has 0 spiro atoms. The Morgan fingerprint density at radius 2 is 2.20 bits per heavy atom. The van der Waals surface area contributed by atoms with E-state index in [-0.39, 0.29) is 6.04 Å². The molecule has 2 aliphatic heterocycles. The molecule has 0 bridgehead atoms. The average Bonchev–Trinajstić information content (AvgIpc) is 2.85. The average molecular weight is 212 g/mol. The van der Waals surface area contributed by atoms with Crippen molar-refractivity contribution >= 4 is 5.97 Å². The standard InChI is InChI=1S/C11H20N2O2/c1-2-12-7-5-9(8-12)13-6-3-4-10(13)11(14)15/h9-10H,2-8H2,1H3,(H,14,15). The summed E-state index contributed by atoms with van der Waals surface area (Å²) in [5.41, 5.74) is 0. The number of nitrogens with zero attached hydrogens (tertiary/aromatic N) is 2. The van der Waals surface area contributed by atoms with Gasteiger partial charge in [-0.05, 0) is 38.9 Å². The Bertz CT molecular complexity index is 245. The second-order valence-corrected chi connectivity index (χ2v) is 4.57. The first-order valence-electron chi connectivity index (χ1n) is 5.93. The minimum absolute atomic E-state index is 0.216. The van der Waals surface area contributed by atoms with Crippen LogP contribution in [0.3, 0.4) is 0 Å². The molecule has 0 saturated carbocycles. The maximum absolute atomic E-state index is 11.1. The lowest BCUT2D eigenvalue weighted by molar-refractivity contribution is -0.142. The van der Waals surface area contributed by atoms with Gasteiger partial charge in [-0.25, -0.2) is 0 Å². The third kappa shape index (κ3) is 2.16. The van der Waals surface area contributed by atoms with E-state index in [1.165, 1.54) is 0 Å². The van der Waals surface area contributed by atoms with Crippen molar-refractivity contribution in [3.63, 3.8) is 0 Å². The van der Waals surface area contributed by atoms with E-state index in [1.54, 1.807) is 0 Å². The monoisotopic (exact) mass is 212 g/mol. The van der Waals surface area contributed by atoms with Crippen LogP contribution >= 0.6 is 0 Å². The molecule has 2 atom stereocenters. The predicted octanol–water partition coefficient (Wildman–Crippen LogP) is 0.630. The van der Waals surface area contributed by atoms with Gasteiger partial charge in [-0.15, -0.1) is 0 Å². The molecule has 2 fully saturated rings. The van der Waals surface area contributed by atoms with Crippen LogP contribution in [-0.2, 0) is 4.79 Å². The maximum Gasteiger partial charge on any atom is 0.320 e. The molecule has 1 N–H and O–H groups in total. The first-order chi connectivity index (χ1) is 7.22. The molecule has 2 unspecified atom stereocenters. The quantitative estimate of drug-likeness (QED) is 0.745. The SMILES string of the molecule is CCN1CCC(N2CCCC2C(=O)O)C1. The van der Waals surface area contributed by atoms with Gasteiger partial charge in [0, 0.05) is 12.6 Å². The molecule has 15 heavy (non-hydrogen) atoms. The maximum atomic E-state index is 11.1. The number of likely N-dealkylation sites (tertiary alicyclic amines) is 2. The summed E-state index contributed by atoms with van der Waals surface area (Å²) in [7, 11) is 0. The van der Waals surface area contributed by atoms with Crippen LogP contribution in [0.5, 0.6) is 0 Å². The molecular weight excluding hydrogens is 192 g/mol. The van der Waals surface area contributed by atoms with Crippen LogP contribution in [0.4, 0.5) is 0 Å². The lowest BCUT2D eigenvalue weighted by Gasteiger charge is -2.27. The minimum Gasteiger partial charge on any atom is -0.480 e. The van der Waals surface area contributed by atoms with Gasteiger partial charge in [-0.2, -0.15) is 0 Å². The van der Waals surface area contributed by atoms with Crippen molar-refractivity contribution in [2.75, 3.05) is 26.2 Å². The fraction of sp³-hybridized carbons (Fsp3) is 0.909. The van der Waals surface area contributed by atoms with Gasteiger partial charge in [-0.1, -0.05) is 6.92 Å². The van der Waals surface area contributed by atoms with Crippen LogP contribution in [0.25, 0.3) is 0 Å². The van der Waals surface area contributed by atoms with E-state index in [0.29, 0.717) is 6.04 Å². The summed E-state index contributed by atoms with van der Waals surface area (Å²) in [6.07, 6.45) is 3.01. The first kappa shape index (κ1) is 10.9. The van der Waals surface area contributed by atoms with Crippen LogP contribution < -0.4 is 0 Å². The molecule has 0 aliphatic carbocycles. The molecule has 2 saturated heterocycles. The van der Waals surface area contributed by atoms with E-state index in [1.807, 2.05) is 0 Å². The van der Waals surface area contributed by atoms with Crippen molar-refractivity contribution in [2.45, 2.75) is 38.3 Å². The second-order valence-electron chi connectivity index (χ2n) is 4.57. The minimum atomic E-state index is -0.637. The van der Waals surface area contributed by atoms with Crippen molar-refractivity contribution in [3.8, 4) is 0 Å². The lowest BCUT2D eigenvalue weighted by Crippen LogP contribution is -2.44. The Morgan fingerprint density at radius 3 is 2.80 bits per heavy atom. The van der Waals surface area contributed by atoms with E-state index >= 15 is 0 Å². The molecule has 2 heterocycles. The van der Waals surface area contributed by atoms with Gasteiger partial charge in [0.05, 0.1) is 0 Å². The summed E-state index contributed by atoms with van der Waals surface area (Å²) in [5.74, 6) is -0.637. The molecule has 0 aromatic heterocycles. The molecule has 4 heteroatoms.